The zero-order valence-corrected chi connectivity index (χ0v) is 50.7. The summed E-state index contributed by atoms with van der Waals surface area (Å²) in [5.74, 6) is -13.1. The van der Waals surface area contributed by atoms with Crippen molar-refractivity contribution in [3.8, 4) is 0 Å². The van der Waals surface area contributed by atoms with Crippen molar-refractivity contribution >= 4 is 110 Å². The Morgan fingerprint density at radius 3 is 1.84 bits per heavy atom. The zero-order chi connectivity index (χ0) is 64.2. The molecule has 2 aliphatic rings. The van der Waals surface area contributed by atoms with Crippen LogP contribution in [-0.4, -0.2) is 216 Å². The SMILES string of the molecule is CC(C)C[C@H](NC(=O)[C@H](CCCN=C(N)N)NC(=O)CNC(=O)CNC(=O)CNC(=O)[C@@H](NC(=O)[C@@H]1CSSC[C@H](N)C(=O)NC(C(C)C)C(=O)N[C@@H]([C@@H](C)O)C(=O)NCC(=O)N[C@@H](C)C(=O)N2CCC[C@H]2C(=O)NCC(=O)N1)C(C)C)C(N)=O. The number of primary amides is 1. The molecule has 0 bridgehead atoms. The van der Waals surface area contributed by atoms with Crippen molar-refractivity contribution < 1.29 is 72.2 Å². The fourth-order valence-electron chi connectivity index (χ4n) is 8.21. The van der Waals surface area contributed by atoms with Crippen LogP contribution < -0.4 is 86.7 Å². The average molecular weight is 1240 g/mol. The number of nitrogens with zero attached hydrogens (tertiary/aromatic N) is 2. The molecule has 2 heterocycles. The summed E-state index contributed by atoms with van der Waals surface area (Å²) in [6, 6.07) is -11.3. The van der Waals surface area contributed by atoms with E-state index in [1.54, 1.807) is 27.7 Å². The Morgan fingerprint density at radius 1 is 0.682 bits per heavy atom. The second kappa shape index (κ2) is 37.0. The van der Waals surface area contributed by atoms with E-state index >= 15 is 0 Å². The summed E-state index contributed by atoms with van der Waals surface area (Å²) in [4.78, 5) is 189. The standard InChI is InChI=1S/C50H86N18O15S2/c1-23(2)15-30(41(52)75)64-43(77)29(11-9-13-55-50(53)54)62-36(73)18-57-33(70)16-56-34(71)17-59-46(80)38(24(3)4)66-44(78)31-22-85-84-21-28(51)42(76)65-39(25(5)6)48(82)67-40(27(8)69)47(81)60-19-35(72)61-26(7)49(83)68-14-10-12-32(68)45(79)58-20-37(74)63-31/h23-32,38-40,69H,9-22,51H2,1-8H3,(H2,52,75)(H,56,71)(H,57,70)(H,58,79)(H,59,80)(H,60,81)(H,61,72)(H,62,73)(H,63,74)(H,64,77)(H,65,76)(H,66,78)(H,67,82)(H4,53,54,55)/t26-,27+,28-,29-,30-,31-,32-,38-,39?,40-/m0/s1. The first-order valence-corrected chi connectivity index (χ1v) is 30.1. The van der Waals surface area contributed by atoms with Crippen molar-refractivity contribution in [3.05, 3.63) is 0 Å². The predicted molar refractivity (Wildman–Crippen MR) is 312 cm³/mol. The fraction of sp³-hybridized carbons (Fsp3) is 0.700. The third-order valence-electron chi connectivity index (χ3n) is 12.8. The molecule has 0 aliphatic carbocycles. The number of aliphatic hydroxyl groups excluding tert-OH is 1. The van der Waals surface area contributed by atoms with Crippen LogP contribution in [0.5, 0.6) is 0 Å². The van der Waals surface area contributed by atoms with E-state index in [9.17, 15) is 72.2 Å². The van der Waals surface area contributed by atoms with E-state index in [-0.39, 0.29) is 62.2 Å². The van der Waals surface area contributed by atoms with E-state index in [4.69, 9.17) is 22.9 Å². The number of hydrogen-bond acceptors (Lipinski definition) is 19. The number of aliphatic imine (C=N–C) groups is 1. The van der Waals surface area contributed by atoms with Crippen LogP contribution >= 0.6 is 21.6 Å². The molecule has 478 valence electrons. The van der Waals surface area contributed by atoms with E-state index < -0.39 is 188 Å². The minimum atomic E-state index is -1.58. The minimum absolute atomic E-state index is 0.0120. The van der Waals surface area contributed by atoms with Crippen molar-refractivity contribution in [2.75, 3.05) is 57.3 Å². The summed E-state index contributed by atoms with van der Waals surface area (Å²) in [5.41, 5.74) is 22.4. The number of nitrogens with two attached hydrogens (primary N) is 4. The van der Waals surface area contributed by atoms with Gasteiger partial charge in [0.25, 0.3) is 0 Å². The van der Waals surface area contributed by atoms with Crippen molar-refractivity contribution in [2.24, 2.45) is 45.7 Å². The lowest BCUT2D eigenvalue weighted by Gasteiger charge is -2.28. The van der Waals surface area contributed by atoms with E-state index in [1.165, 1.54) is 18.7 Å². The van der Waals surface area contributed by atoms with Gasteiger partial charge >= 0.3 is 0 Å². The Balaban J connectivity index is 2.19. The summed E-state index contributed by atoms with van der Waals surface area (Å²) >= 11 is 0. The molecule has 0 saturated carbocycles. The highest BCUT2D eigenvalue weighted by Crippen LogP contribution is 2.23. The molecule has 2 aliphatic heterocycles. The third-order valence-corrected chi connectivity index (χ3v) is 15.3. The Kier molecular flexibility index (Phi) is 32.0. The van der Waals surface area contributed by atoms with Crippen LogP contribution in [0.2, 0.25) is 0 Å². The van der Waals surface area contributed by atoms with Gasteiger partial charge in [0.1, 0.15) is 48.3 Å². The number of amides is 14. The smallest absolute Gasteiger partial charge is 0.245 e. The second-order valence-electron chi connectivity index (χ2n) is 21.3. The maximum Gasteiger partial charge on any atom is 0.245 e. The van der Waals surface area contributed by atoms with Crippen LogP contribution in [0.4, 0.5) is 0 Å². The van der Waals surface area contributed by atoms with Gasteiger partial charge in [-0.15, -0.1) is 0 Å². The number of carbonyl (C=O) groups is 14. The molecule has 2 saturated heterocycles. The number of fused-ring (bicyclic) bond motifs is 1. The molecule has 0 spiro atoms. The van der Waals surface area contributed by atoms with Gasteiger partial charge in [0.05, 0.1) is 44.9 Å². The van der Waals surface area contributed by atoms with Crippen LogP contribution in [-0.2, 0) is 67.1 Å². The van der Waals surface area contributed by atoms with E-state index in [0.717, 1.165) is 21.6 Å². The van der Waals surface area contributed by atoms with Crippen molar-refractivity contribution in [3.63, 3.8) is 0 Å². The molecule has 0 aromatic heterocycles. The highest BCUT2D eigenvalue weighted by Gasteiger charge is 2.38. The fourth-order valence-corrected chi connectivity index (χ4v) is 10.5. The van der Waals surface area contributed by atoms with Crippen molar-refractivity contribution in [2.45, 2.75) is 148 Å². The molecule has 1 unspecified atom stereocenters. The first kappa shape index (κ1) is 73.6. The second-order valence-corrected chi connectivity index (χ2v) is 23.9. The van der Waals surface area contributed by atoms with E-state index in [2.05, 4.69) is 68.8 Å². The highest BCUT2D eigenvalue weighted by molar-refractivity contribution is 8.76. The van der Waals surface area contributed by atoms with Gasteiger partial charge < -0.3 is 96.7 Å². The first-order chi connectivity index (χ1) is 39.8. The van der Waals surface area contributed by atoms with Gasteiger partial charge in [-0.3, -0.25) is 72.1 Å². The molecule has 10 atom stereocenters. The lowest BCUT2D eigenvalue weighted by molar-refractivity contribution is -0.141. The van der Waals surface area contributed by atoms with Crippen LogP contribution in [0.25, 0.3) is 0 Å². The molecular formula is C50H86N18O15S2. The summed E-state index contributed by atoms with van der Waals surface area (Å²) in [7, 11) is 1.99. The maximum absolute atomic E-state index is 14.0. The largest absolute Gasteiger partial charge is 0.391 e. The molecule has 0 radical (unpaired) electrons. The minimum Gasteiger partial charge on any atom is -0.391 e. The van der Waals surface area contributed by atoms with Gasteiger partial charge in [0.15, 0.2) is 5.96 Å². The summed E-state index contributed by atoms with van der Waals surface area (Å²) in [6.45, 7) is 9.49. The van der Waals surface area contributed by atoms with Crippen molar-refractivity contribution in [1.29, 1.82) is 0 Å². The van der Waals surface area contributed by atoms with Crippen LogP contribution in [0.15, 0.2) is 4.99 Å². The Labute approximate surface area is 500 Å². The Morgan fingerprint density at radius 2 is 1.26 bits per heavy atom. The molecule has 14 amide bonds. The molecular weight excluding hydrogens is 1160 g/mol. The number of nitrogens with one attached hydrogen (secondary N) is 12. The van der Waals surface area contributed by atoms with Crippen molar-refractivity contribution in [1.82, 2.24) is 68.7 Å². The van der Waals surface area contributed by atoms with E-state index in [0.29, 0.717) is 6.42 Å². The van der Waals surface area contributed by atoms with Gasteiger partial charge in [-0.1, -0.05) is 63.1 Å². The molecule has 2 rings (SSSR count). The number of aliphatic hydroxyl groups is 1. The lowest BCUT2D eigenvalue weighted by atomic mass is 10.0. The molecule has 0 aromatic rings. The highest BCUT2D eigenvalue weighted by atomic mass is 33.1. The molecule has 0 aromatic carbocycles. The zero-order valence-electron chi connectivity index (χ0n) is 49.1. The summed E-state index contributed by atoms with van der Waals surface area (Å²) in [6.07, 6.45) is -0.367. The monoisotopic (exact) mass is 1240 g/mol. The Bertz CT molecular complexity index is 2430. The summed E-state index contributed by atoms with van der Waals surface area (Å²) < 4.78 is 0. The van der Waals surface area contributed by atoms with E-state index in [1.807, 2.05) is 13.8 Å². The normalized spacial score (nSPS) is 22.3. The van der Waals surface area contributed by atoms with Gasteiger partial charge in [-0.05, 0) is 63.7 Å². The van der Waals surface area contributed by atoms with Gasteiger partial charge in [0.2, 0.25) is 82.7 Å². The van der Waals surface area contributed by atoms with Gasteiger partial charge in [-0.25, -0.2) is 0 Å². The summed E-state index contributed by atoms with van der Waals surface area (Å²) in [5, 5.41) is 39.6. The first-order valence-electron chi connectivity index (χ1n) is 27.6. The number of hydrogen-bond donors (Lipinski definition) is 17. The maximum atomic E-state index is 14.0. The van der Waals surface area contributed by atoms with Crippen LogP contribution in [0, 0.1) is 17.8 Å². The van der Waals surface area contributed by atoms with Gasteiger partial charge in [-0.2, -0.15) is 0 Å². The van der Waals surface area contributed by atoms with Gasteiger partial charge in [0, 0.05) is 24.6 Å². The quantitative estimate of drug-likeness (QED) is 0.0207. The molecule has 85 heavy (non-hydrogen) atoms. The molecule has 35 heteroatoms. The lowest BCUT2D eigenvalue weighted by Crippen LogP contribution is -2.60. The average Bonchev–Trinajstić information content (AvgIpc) is 3.98. The molecule has 2 fully saturated rings. The molecule has 33 nitrogen and oxygen atoms in total. The molecule has 21 N–H and O–H groups in total. The van der Waals surface area contributed by atoms with Crippen LogP contribution in [0.3, 0.4) is 0 Å². The van der Waals surface area contributed by atoms with Crippen LogP contribution in [0.1, 0.15) is 87.5 Å². The predicted octanol–water partition coefficient (Wildman–Crippen LogP) is -8.03. The number of carbonyl (C=O) groups excluding carboxylic acids is 14. The number of guanidine groups is 1. The third kappa shape index (κ3) is 26.9. The topological polar surface area (TPSA) is 523 Å². The Hall–Kier alpha value is -7.53. The number of rotatable bonds is 22.